The number of hydrogen-bond donors (Lipinski definition) is 3. The standard InChI is InChI=1S/C27H28N6O3S/c1-28-37(34,35)25-7-3-6-23(17-25)32-27-18-26(29-19-30-27)31-22-5-2-4-21(16-22)20-8-10-24(11-9-20)33-12-14-36-15-13-33/h2-11,16-19,28H,12-15H2,1H3,(H2,29,30,31,32). The molecule has 1 aliphatic rings. The highest BCUT2D eigenvalue weighted by Gasteiger charge is 2.13. The van der Waals surface area contributed by atoms with E-state index in [2.05, 4.69) is 66.6 Å². The molecule has 0 amide bonds. The first-order valence-corrected chi connectivity index (χ1v) is 13.4. The van der Waals surface area contributed by atoms with E-state index in [-0.39, 0.29) is 4.90 Å². The van der Waals surface area contributed by atoms with Gasteiger partial charge in [-0.05, 0) is 60.6 Å². The van der Waals surface area contributed by atoms with Crippen molar-refractivity contribution in [1.29, 1.82) is 0 Å². The number of morpholine rings is 1. The zero-order chi connectivity index (χ0) is 25.7. The molecule has 1 aliphatic heterocycles. The van der Waals surface area contributed by atoms with E-state index in [0.29, 0.717) is 17.3 Å². The summed E-state index contributed by atoms with van der Waals surface area (Å²) in [5.74, 6) is 1.14. The predicted molar refractivity (Wildman–Crippen MR) is 146 cm³/mol. The van der Waals surface area contributed by atoms with Crippen LogP contribution in [0.25, 0.3) is 11.1 Å². The molecule has 1 saturated heterocycles. The van der Waals surface area contributed by atoms with Gasteiger partial charge in [-0.1, -0.05) is 30.3 Å². The van der Waals surface area contributed by atoms with E-state index in [1.807, 2.05) is 12.1 Å². The zero-order valence-corrected chi connectivity index (χ0v) is 21.2. The minimum absolute atomic E-state index is 0.169. The molecule has 9 nitrogen and oxygen atoms in total. The highest BCUT2D eigenvalue weighted by atomic mass is 32.2. The maximum atomic E-state index is 12.1. The van der Waals surface area contributed by atoms with Gasteiger partial charge >= 0.3 is 0 Å². The Morgan fingerprint density at radius 2 is 1.43 bits per heavy atom. The van der Waals surface area contributed by atoms with Crippen LogP contribution in [-0.2, 0) is 14.8 Å². The van der Waals surface area contributed by atoms with Gasteiger partial charge in [0.05, 0.1) is 18.1 Å². The molecule has 5 rings (SSSR count). The molecule has 0 aliphatic carbocycles. The lowest BCUT2D eigenvalue weighted by atomic mass is 10.0. The number of hydrogen-bond acceptors (Lipinski definition) is 8. The maximum Gasteiger partial charge on any atom is 0.240 e. The number of sulfonamides is 1. The second kappa shape index (κ2) is 11.0. The highest BCUT2D eigenvalue weighted by molar-refractivity contribution is 7.89. The summed E-state index contributed by atoms with van der Waals surface area (Å²) in [6, 6.07) is 25.0. The molecule has 0 saturated carbocycles. The summed E-state index contributed by atoms with van der Waals surface area (Å²) in [6.45, 7) is 3.35. The summed E-state index contributed by atoms with van der Waals surface area (Å²) in [5, 5.41) is 6.47. The van der Waals surface area contributed by atoms with Gasteiger partial charge in [-0.3, -0.25) is 0 Å². The summed E-state index contributed by atoms with van der Waals surface area (Å²) in [7, 11) is -2.16. The molecule has 0 spiro atoms. The van der Waals surface area contributed by atoms with Crippen LogP contribution in [0.5, 0.6) is 0 Å². The first-order chi connectivity index (χ1) is 18.0. The number of anilines is 5. The monoisotopic (exact) mass is 516 g/mol. The molecule has 37 heavy (non-hydrogen) atoms. The van der Waals surface area contributed by atoms with E-state index in [1.54, 1.807) is 24.3 Å². The highest BCUT2D eigenvalue weighted by Crippen LogP contribution is 2.27. The second-order valence-corrected chi connectivity index (χ2v) is 10.4. The van der Waals surface area contributed by atoms with Gasteiger partial charge in [0, 0.05) is 36.2 Å². The average Bonchev–Trinajstić information content (AvgIpc) is 2.94. The smallest absolute Gasteiger partial charge is 0.240 e. The molecular weight excluding hydrogens is 488 g/mol. The average molecular weight is 517 g/mol. The number of rotatable bonds is 8. The van der Waals surface area contributed by atoms with Crippen molar-refractivity contribution < 1.29 is 13.2 Å². The summed E-state index contributed by atoms with van der Waals surface area (Å²) in [4.78, 5) is 11.1. The van der Waals surface area contributed by atoms with E-state index in [1.165, 1.54) is 25.1 Å². The van der Waals surface area contributed by atoms with Crippen LogP contribution in [0.15, 0.2) is 90.1 Å². The van der Waals surface area contributed by atoms with E-state index < -0.39 is 10.0 Å². The number of nitrogens with zero attached hydrogens (tertiary/aromatic N) is 3. The van der Waals surface area contributed by atoms with Crippen molar-refractivity contribution in [3.05, 3.63) is 85.2 Å². The van der Waals surface area contributed by atoms with Crippen molar-refractivity contribution >= 4 is 38.7 Å². The second-order valence-electron chi connectivity index (χ2n) is 8.50. The molecule has 0 bridgehead atoms. The Labute approximate surface area is 216 Å². The van der Waals surface area contributed by atoms with Crippen molar-refractivity contribution in [2.24, 2.45) is 0 Å². The lowest BCUT2D eigenvalue weighted by Gasteiger charge is -2.28. The molecule has 2 heterocycles. The van der Waals surface area contributed by atoms with E-state index in [9.17, 15) is 8.42 Å². The molecule has 190 valence electrons. The molecular formula is C27H28N6O3S. The van der Waals surface area contributed by atoms with Crippen LogP contribution < -0.4 is 20.3 Å². The first-order valence-electron chi connectivity index (χ1n) is 11.9. The van der Waals surface area contributed by atoms with Gasteiger partial charge in [-0.2, -0.15) is 0 Å². The summed E-state index contributed by atoms with van der Waals surface area (Å²) in [5.41, 5.74) is 4.91. The molecule has 3 aromatic carbocycles. The fourth-order valence-corrected chi connectivity index (χ4v) is 4.89. The summed E-state index contributed by atoms with van der Waals surface area (Å²) >= 11 is 0. The molecule has 0 radical (unpaired) electrons. The fourth-order valence-electron chi connectivity index (χ4n) is 4.11. The Kier molecular flexibility index (Phi) is 7.31. The lowest BCUT2D eigenvalue weighted by molar-refractivity contribution is 0.122. The molecule has 3 N–H and O–H groups in total. The number of benzene rings is 3. The Morgan fingerprint density at radius 3 is 2.11 bits per heavy atom. The fraction of sp³-hybridized carbons (Fsp3) is 0.185. The zero-order valence-electron chi connectivity index (χ0n) is 20.4. The van der Waals surface area contributed by atoms with Crippen molar-refractivity contribution in [3.8, 4) is 11.1 Å². The van der Waals surface area contributed by atoms with Crippen molar-refractivity contribution in [1.82, 2.24) is 14.7 Å². The summed E-state index contributed by atoms with van der Waals surface area (Å²) in [6.07, 6.45) is 1.45. The van der Waals surface area contributed by atoms with Crippen LogP contribution in [0.4, 0.5) is 28.7 Å². The van der Waals surface area contributed by atoms with Gasteiger partial charge in [0.2, 0.25) is 10.0 Å². The van der Waals surface area contributed by atoms with Gasteiger partial charge in [0.15, 0.2) is 0 Å². The largest absolute Gasteiger partial charge is 0.378 e. The maximum absolute atomic E-state index is 12.1. The predicted octanol–water partition coefficient (Wildman–Crippen LogP) is 4.38. The topological polar surface area (TPSA) is 108 Å². The van der Waals surface area contributed by atoms with Crippen LogP contribution in [0.1, 0.15) is 0 Å². The van der Waals surface area contributed by atoms with Gasteiger partial charge in [0.1, 0.15) is 18.0 Å². The van der Waals surface area contributed by atoms with Gasteiger partial charge < -0.3 is 20.3 Å². The quantitative estimate of drug-likeness (QED) is 0.317. The molecule has 1 aromatic heterocycles. The minimum Gasteiger partial charge on any atom is -0.378 e. The minimum atomic E-state index is -3.54. The van der Waals surface area contributed by atoms with Gasteiger partial charge in [-0.15, -0.1) is 0 Å². The van der Waals surface area contributed by atoms with Gasteiger partial charge in [-0.25, -0.2) is 23.1 Å². The number of aromatic nitrogens is 2. The van der Waals surface area contributed by atoms with E-state index >= 15 is 0 Å². The third kappa shape index (κ3) is 6.05. The third-order valence-corrected chi connectivity index (χ3v) is 7.48. The molecule has 0 unspecified atom stereocenters. The van der Waals surface area contributed by atoms with Crippen molar-refractivity contribution in [3.63, 3.8) is 0 Å². The molecule has 10 heteroatoms. The Morgan fingerprint density at radius 1 is 0.784 bits per heavy atom. The Balaban J connectivity index is 1.29. The molecule has 0 atom stereocenters. The van der Waals surface area contributed by atoms with Crippen LogP contribution in [-0.4, -0.2) is 51.7 Å². The SMILES string of the molecule is CNS(=O)(=O)c1cccc(Nc2cc(Nc3cccc(-c4ccc(N5CCOCC5)cc4)c3)ncn2)c1. The van der Waals surface area contributed by atoms with Crippen LogP contribution in [0.2, 0.25) is 0 Å². The lowest BCUT2D eigenvalue weighted by Crippen LogP contribution is -2.36. The van der Waals surface area contributed by atoms with E-state index in [4.69, 9.17) is 4.74 Å². The van der Waals surface area contributed by atoms with Crippen LogP contribution >= 0.6 is 0 Å². The molecule has 4 aromatic rings. The summed E-state index contributed by atoms with van der Waals surface area (Å²) < 4.78 is 32.0. The Hall–Kier alpha value is -3.99. The first kappa shape index (κ1) is 24.7. The van der Waals surface area contributed by atoms with E-state index in [0.717, 1.165) is 43.1 Å². The number of ether oxygens (including phenoxy) is 1. The van der Waals surface area contributed by atoms with Crippen molar-refractivity contribution in [2.75, 3.05) is 48.9 Å². The van der Waals surface area contributed by atoms with Crippen molar-refractivity contribution in [2.45, 2.75) is 4.90 Å². The molecule has 1 fully saturated rings. The van der Waals surface area contributed by atoms with Crippen LogP contribution in [0.3, 0.4) is 0 Å². The Bertz CT molecular complexity index is 1470. The normalized spacial score (nSPS) is 13.8. The van der Waals surface area contributed by atoms with Crippen LogP contribution in [0, 0.1) is 0 Å². The number of nitrogens with one attached hydrogen (secondary N) is 3. The third-order valence-electron chi connectivity index (χ3n) is 6.06. The van der Waals surface area contributed by atoms with Gasteiger partial charge in [0.25, 0.3) is 0 Å².